The fourth-order valence-corrected chi connectivity index (χ4v) is 16.2. The third-order valence-electron chi connectivity index (χ3n) is 24.4. The van der Waals surface area contributed by atoms with Gasteiger partial charge in [0.2, 0.25) is 82.7 Å². The average molecular weight is 1970 g/mol. The van der Waals surface area contributed by atoms with Gasteiger partial charge in [-0.1, -0.05) is 107 Å². The Hall–Kier alpha value is -13.3. The van der Waals surface area contributed by atoms with Crippen LogP contribution in [-0.2, 0) is 104 Å². The first-order valence-corrected chi connectivity index (χ1v) is 48.3. The zero-order chi connectivity index (χ0) is 102. The fraction of sp³-hybridized carbons (Fsp3) is 0.581. The van der Waals surface area contributed by atoms with E-state index in [1.807, 2.05) is 34.6 Å². The number of thioether (sulfide) groups is 1. The Labute approximate surface area is 819 Å². The van der Waals surface area contributed by atoms with Crippen molar-refractivity contribution in [2.24, 2.45) is 22.7 Å². The summed E-state index contributed by atoms with van der Waals surface area (Å²) in [5.41, 5.74) is 7.56. The number of carboxylic acids is 1. The van der Waals surface area contributed by atoms with Crippen molar-refractivity contribution in [2.75, 3.05) is 83.5 Å². The number of hydrogen-bond acceptors (Lipinski definition) is 26. The van der Waals surface area contributed by atoms with E-state index in [1.54, 1.807) is 102 Å². The van der Waals surface area contributed by atoms with Gasteiger partial charge in [0.15, 0.2) is 5.96 Å². The van der Waals surface area contributed by atoms with Crippen molar-refractivity contribution in [3.63, 3.8) is 0 Å². The van der Waals surface area contributed by atoms with Crippen LogP contribution in [0.15, 0.2) is 103 Å². The van der Waals surface area contributed by atoms with Gasteiger partial charge < -0.3 is 131 Å². The molecule has 12 atom stereocenters. The van der Waals surface area contributed by atoms with E-state index >= 15 is 4.79 Å². The molecule has 3 aromatic heterocycles. The number of benzene rings is 2. The summed E-state index contributed by atoms with van der Waals surface area (Å²) in [4.78, 5) is 240. The van der Waals surface area contributed by atoms with Crippen LogP contribution in [0.4, 0.5) is 0 Å². The highest BCUT2D eigenvalue weighted by Crippen LogP contribution is 2.24. The molecule has 0 spiro atoms. The van der Waals surface area contributed by atoms with Crippen LogP contribution in [0.2, 0.25) is 0 Å². The van der Waals surface area contributed by atoms with Crippen LogP contribution in [0, 0.1) is 22.7 Å². The maximum Gasteiger partial charge on any atom is 0.326 e. The van der Waals surface area contributed by atoms with Crippen LogP contribution in [0.3, 0.4) is 0 Å². The van der Waals surface area contributed by atoms with E-state index in [1.165, 1.54) is 59.1 Å². The number of aliphatic carboxylic acids is 1. The van der Waals surface area contributed by atoms with Crippen LogP contribution < -0.4 is 85.5 Å². The minimum Gasteiger partial charge on any atom is -0.480 e. The lowest BCUT2D eigenvalue weighted by Crippen LogP contribution is -2.61. The molecular formula is C93H144N28O18S. The molecule has 26 N–H and O–H groups in total. The van der Waals surface area contributed by atoms with Crippen LogP contribution >= 0.6 is 11.8 Å². The number of carbonyl (C=O) groups excluding carboxylic acids is 14. The number of rotatable bonds is 61. The summed E-state index contributed by atoms with van der Waals surface area (Å²) in [6.45, 7) is 21.8. The SMILES string of the molecule is CCSCC(NC(=O)C(NC(=O)C1CCCN1C(=O)CNC(=O)C(Cc1c[nH]cn1)NC(=O)C1CCCN1C(=O)C(Cc1c[nH]cn1)NC(=O)C(Cc1c[nH]cn1)NC(=O)CNC(=O)CCC(=O)NCCN(CCNC(C)(C)C(C)=N)CCNC(C)(C)/C(C)=N\O)C(C)CC)C(=O)NC(Cc1ccccc1)C(=O)N[C@@H](Cc1ccccc1)C(=O)NC(CCCNC(=N)N)C(=O)NC(CC(C)C)C(=O)O.O. The van der Waals surface area contributed by atoms with Crippen LogP contribution in [0.1, 0.15) is 169 Å². The standard InChI is InChI=1S/C93H142N28O17S.H2O/c1-12-57(5)79(88(134)116-72(52-139-13-2)85(131)112-67(43-61-25-18-15-19-26-61)83(129)111-66(42-60-23-16-14-17-24-60)82(128)110-65(27-20-32-101-91(95)96)81(127)115-71(90(136)137)41-56(3)4)117-87(133)73-28-21-36-120(73)78(125)51-103-80(126)68(44-62-47-97-53-104-62)113-86(132)74-29-22-37-121(74)89(135)70(46-64-49-99-55-106-64)114-84(130)69(45-63-48-98-54-105-63)109-77(124)50-102-76(123)31-30-75(122)100-33-38-119(39-34-107-92(8,9)58(6)94)40-35-108-93(10,11)59(7)118-138;/h14-19,23-26,47-49,53-57,65-74,79,94,107-108,138H,12-13,20-22,27-46,50-52H2,1-11H3,(H,97,104)(H,98,105)(H,99,106)(H,100,122)(H,102,123)(H,103,126)(H,109,124)(H,110,128)(H,111,129)(H,112,131)(H,113,132)(H,114,130)(H,115,127)(H,116,134)(H,117,133)(H,136,137)(H4,95,96,101);1H2/b94-58?,118-59-;/t57?,65?,66-,67?,68?,69?,70?,71?,72?,73?,74?,79?;/m0./s1. The number of nitrogens with zero attached hydrogens (tertiary/aromatic N) is 7. The lowest BCUT2D eigenvalue weighted by atomic mass is 9.97. The molecule has 0 radical (unpaired) electrons. The highest BCUT2D eigenvalue weighted by Gasteiger charge is 2.43. The number of H-pyrrole nitrogens is 3. The van der Waals surface area contributed by atoms with Crippen LogP contribution in [-0.4, -0.2) is 327 Å². The van der Waals surface area contributed by atoms with Gasteiger partial charge in [-0.05, 0) is 115 Å². The number of guanidine groups is 1. The quantitative estimate of drug-likeness (QED) is 0.00667. The normalized spacial score (nSPS) is 15.9. The molecule has 5 heterocycles. The molecule has 2 aliphatic rings. The first-order chi connectivity index (χ1) is 66.2. The Morgan fingerprint density at radius 3 is 1.49 bits per heavy atom. The van der Waals surface area contributed by atoms with Crippen molar-refractivity contribution >= 4 is 118 Å². The van der Waals surface area contributed by atoms with Crippen molar-refractivity contribution in [3.05, 3.63) is 126 Å². The Morgan fingerprint density at radius 2 is 0.986 bits per heavy atom. The number of aromatic amines is 3. The summed E-state index contributed by atoms with van der Waals surface area (Å²) in [5, 5.41) is 80.6. The number of carbonyl (C=O) groups is 15. The number of imidazole rings is 3. The maximum atomic E-state index is 15.1. The topological polar surface area (TPSA) is 690 Å². The Bertz CT molecular complexity index is 4900. The number of likely N-dealkylation sites (tertiary alicyclic amines) is 2. The molecule has 0 saturated carbocycles. The lowest BCUT2D eigenvalue weighted by Gasteiger charge is -2.31. The van der Waals surface area contributed by atoms with E-state index in [2.05, 4.69) is 120 Å². The van der Waals surface area contributed by atoms with Gasteiger partial charge in [-0.3, -0.25) is 77.4 Å². The van der Waals surface area contributed by atoms with Crippen LogP contribution in [0.5, 0.6) is 0 Å². The van der Waals surface area contributed by atoms with Gasteiger partial charge in [-0.25, -0.2) is 19.7 Å². The van der Waals surface area contributed by atoms with E-state index in [9.17, 15) is 77.4 Å². The molecule has 2 aromatic carbocycles. The van der Waals surface area contributed by atoms with Gasteiger partial charge in [-0.2, -0.15) is 11.8 Å². The first-order valence-electron chi connectivity index (χ1n) is 47.2. The van der Waals surface area contributed by atoms with Crippen LogP contribution in [0.25, 0.3) is 0 Å². The predicted octanol–water partition coefficient (Wildman–Crippen LogP) is -1.86. The molecular weight excluding hydrogens is 1830 g/mol. The maximum absolute atomic E-state index is 15.1. The molecule has 140 heavy (non-hydrogen) atoms. The van der Waals surface area contributed by atoms with Crippen molar-refractivity contribution in [2.45, 2.75) is 250 Å². The molecule has 5 aromatic rings. The van der Waals surface area contributed by atoms with E-state index in [4.69, 9.17) is 16.6 Å². The molecule has 2 aliphatic heterocycles. The summed E-state index contributed by atoms with van der Waals surface area (Å²) in [6, 6.07) is 2.62. The second-order valence-electron chi connectivity index (χ2n) is 36.2. The zero-order valence-electron chi connectivity index (χ0n) is 81.7. The molecule has 0 bridgehead atoms. The molecule has 2 fully saturated rings. The van der Waals surface area contributed by atoms with Gasteiger partial charge in [0, 0.05) is 134 Å². The second kappa shape index (κ2) is 58.6. The van der Waals surface area contributed by atoms with Crippen molar-refractivity contribution in [1.29, 1.82) is 10.8 Å². The predicted molar refractivity (Wildman–Crippen MR) is 523 cm³/mol. The summed E-state index contributed by atoms with van der Waals surface area (Å²) in [5.74, 6) is -12.3. The molecule has 14 amide bonds. The molecule has 0 aliphatic carbocycles. The average Bonchev–Trinajstić information content (AvgIpc) is 1.65. The minimum absolute atomic E-state index is 0. The summed E-state index contributed by atoms with van der Waals surface area (Å²) >= 11 is 1.30. The number of amides is 14. The van der Waals surface area contributed by atoms with E-state index in [-0.39, 0.29) is 126 Å². The summed E-state index contributed by atoms with van der Waals surface area (Å²) in [7, 11) is 0. The van der Waals surface area contributed by atoms with Gasteiger partial charge in [0.1, 0.15) is 66.5 Å². The monoisotopic (exact) mass is 1970 g/mol. The lowest BCUT2D eigenvalue weighted by molar-refractivity contribution is -0.143. The molecule has 47 heteroatoms. The Kier molecular flexibility index (Phi) is 48.3. The highest BCUT2D eigenvalue weighted by molar-refractivity contribution is 7.99. The van der Waals surface area contributed by atoms with Gasteiger partial charge >= 0.3 is 5.97 Å². The van der Waals surface area contributed by atoms with Gasteiger partial charge in [-0.15, -0.1) is 0 Å². The van der Waals surface area contributed by atoms with E-state index < -0.39 is 185 Å². The van der Waals surface area contributed by atoms with Gasteiger partial charge in [0.25, 0.3) is 0 Å². The highest BCUT2D eigenvalue weighted by atomic mass is 32.2. The van der Waals surface area contributed by atoms with Gasteiger partial charge in [0.05, 0.1) is 65.9 Å². The molecule has 46 nitrogen and oxygen atoms in total. The number of oxime groups is 1. The Morgan fingerprint density at radius 1 is 0.529 bits per heavy atom. The molecule has 11 unspecified atom stereocenters. The third-order valence-corrected chi connectivity index (χ3v) is 25.4. The van der Waals surface area contributed by atoms with E-state index in [0.29, 0.717) is 97.4 Å². The summed E-state index contributed by atoms with van der Waals surface area (Å²) < 4.78 is 0. The second-order valence-corrected chi connectivity index (χ2v) is 37.6. The first kappa shape index (κ1) is 115. The van der Waals surface area contributed by atoms with Crippen molar-refractivity contribution < 1.29 is 87.7 Å². The number of nitrogens with one attached hydrogen (secondary N) is 20. The zero-order valence-corrected chi connectivity index (χ0v) is 82.5. The number of carboxylic acid groups (broad SMARTS) is 1. The minimum atomic E-state index is -1.42. The number of aromatic nitrogens is 6. The molecule has 770 valence electrons. The van der Waals surface area contributed by atoms with E-state index in [0.717, 1.165) is 0 Å². The molecule has 2 saturated heterocycles. The van der Waals surface area contributed by atoms with Crippen molar-refractivity contribution in [1.82, 2.24) is 124 Å². The fourth-order valence-electron chi connectivity index (χ4n) is 15.5. The number of hydrogen-bond donors (Lipinski definition) is 23. The number of nitrogens with two attached hydrogens (primary N) is 1. The third kappa shape index (κ3) is 38.8. The van der Waals surface area contributed by atoms with Crippen molar-refractivity contribution in [3.8, 4) is 0 Å². The largest absolute Gasteiger partial charge is 0.480 e. The molecule has 7 rings (SSSR count). The summed E-state index contributed by atoms with van der Waals surface area (Å²) in [6.07, 6.45) is 8.70. The Balaban J connectivity index is 0.0000300. The smallest absolute Gasteiger partial charge is 0.326 e.